The molecule has 1 heterocycles. The van der Waals surface area contributed by atoms with Crippen molar-refractivity contribution in [3.05, 3.63) is 29.3 Å². The van der Waals surface area contributed by atoms with Crippen LogP contribution in [-0.2, 0) is 0 Å². The summed E-state index contributed by atoms with van der Waals surface area (Å²) in [6.45, 7) is 5.86. The number of benzene rings is 1. The van der Waals surface area contributed by atoms with E-state index in [9.17, 15) is 4.79 Å². The van der Waals surface area contributed by atoms with E-state index in [1.807, 2.05) is 24.0 Å². The first-order chi connectivity index (χ1) is 8.16. The van der Waals surface area contributed by atoms with Gasteiger partial charge in [0.15, 0.2) is 0 Å². The number of piperidine rings is 1. The molecule has 0 unspecified atom stereocenters. The van der Waals surface area contributed by atoms with E-state index in [1.165, 1.54) is 12.0 Å². The van der Waals surface area contributed by atoms with Crippen LogP contribution in [0.4, 0.5) is 10.5 Å². The molecule has 1 fully saturated rings. The highest BCUT2D eigenvalue weighted by Crippen LogP contribution is 2.17. The fourth-order valence-corrected chi connectivity index (χ4v) is 2.25. The van der Waals surface area contributed by atoms with Crippen LogP contribution < -0.4 is 5.32 Å². The predicted molar refractivity (Wildman–Crippen MR) is 70.4 cm³/mol. The summed E-state index contributed by atoms with van der Waals surface area (Å²) < 4.78 is 0. The SMILES string of the molecule is Cc1ccc(NC(=O)N2CCCCC2)c(C)c1. The molecule has 1 N–H and O–H groups in total. The second-order valence-corrected chi connectivity index (χ2v) is 4.80. The summed E-state index contributed by atoms with van der Waals surface area (Å²) in [5.74, 6) is 0. The third-order valence-electron chi connectivity index (χ3n) is 3.27. The molecule has 17 heavy (non-hydrogen) atoms. The lowest BCUT2D eigenvalue weighted by Crippen LogP contribution is -2.38. The summed E-state index contributed by atoms with van der Waals surface area (Å²) in [6, 6.07) is 6.13. The second-order valence-electron chi connectivity index (χ2n) is 4.80. The number of carbonyl (C=O) groups is 1. The fourth-order valence-electron chi connectivity index (χ4n) is 2.25. The zero-order chi connectivity index (χ0) is 12.3. The summed E-state index contributed by atoms with van der Waals surface area (Å²) in [5.41, 5.74) is 3.26. The van der Waals surface area contributed by atoms with Crippen molar-refractivity contribution in [2.24, 2.45) is 0 Å². The number of hydrogen-bond acceptors (Lipinski definition) is 1. The highest BCUT2D eigenvalue weighted by Gasteiger charge is 2.16. The van der Waals surface area contributed by atoms with Crippen LogP contribution in [0.1, 0.15) is 30.4 Å². The van der Waals surface area contributed by atoms with E-state index in [4.69, 9.17) is 0 Å². The van der Waals surface area contributed by atoms with Gasteiger partial charge in [-0.2, -0.15) is 0 Å². The Morgan fingerprint density at radius 2 is 1.88 bits per heavy atom. The van der Waals surface area contributed by atoms with Gasteiger partial charge in [-0.25, -0.2) is 4.79 Å². The van der Waals surface area contributed by atoms with Gasteiger partial charge in [-0.1, -0.05) is 17.7 Å². The minimum absolute atomic E-state index is 0.0386. The van der Waals surface area contributed by atoms with Crippen LogP contribution in [0.2, 0.25) is 0 Å². The van der Waals surface area contributed by atoms with E-state index in [2.05, 4.69) is 18.3 Å². The van der Waals surface area contributed by atoms with Gasteiger partial charge in [0.05, 0.1) is 0 Å². The Balaban J connectivity index is 2.02. The first-order valence-electron chi connectivity index (χ1n) is 6.30. The summed E-state index contributed by atoms with van der Waals surface area (Å²) >= 11 is 0. The minimum atomic E-state index is 0.0386. The van der Waals surface area contributed by atoms with Crippen LogP contribution in [-0.4, -0.2) is 24.0 Å². The Morgan fingerprint density at radius 3 is 2.53 bits per heavy atom. The van der Waals surface area contributed by atoms with Crippen molar-refractivity contribution >= 4 is 11.7 Å². The predicted octanol–water partition coefficient (Wildman–Crippen LogP) is 3.32. The van der Waals surface area contributed by atoms with Crippen LogP contribution in [0.15, 0.2) is 18.2 Å². The van der Waals surface area contributed by atoms with Crippen LogP contribution in [0, 0.1) is 13.8 Å². The Morgan fingerprint density at radius 1 is 1.18 bits per heavy atom. The zero-order valence-electron chi connectivity index (χ0n) is 10.6. The van der Waals surface area contributed by atoms with Gasteiger partial charge in [0.1, 0.15) is 0 Å². The molecule has 92 valence electrons. The quantitative estimate of drug-likeness (QED) is 0.791. The fraction of sp³-hybridized carbons (Fsp3) is 0.500. The van der Waals surface area contributed by atoms with E-state index < -0.39 is 0 Å². The Bertz CT molecular complexity index is 409. The van der Waals surface area contributed by atoms with Crippen molar-refractivity contribution in [2.75, 3.05) is 18.4 Å². The Kier molecular flexibility index (Phi) is 3.67. The number of urea groups is 1. The summed E-state index contributed by atoms with van der Waals surface area (Å²) in [6.07, 6.45) is 3.49. The monoisotopic (exact) mass is 232 g/mol. The Hall–Kier alpha value is -1.51. The second kappa shape index (κ2) is 5.21. The number of likely N-dealkylation sites (tertiary alicyclic amines) is 1. The first-order valence-corrected chi connectivity index (χ1v) is 6.30. The van der Waals surface area contributed by atoms with Crippen LogP contribution >= 0.6 is 0 Å². The Labute approximate surface area is 103 Å². The topological polar surface area (TPSA) is 32.3 Å². The van der Waals surface area contributed by atoms with Crippen molar-refractivity contribution in [1.82, 2.24) is 4.90 Å². The third-order valence-corrected chi connectivity index (χ3v) is 3.27. The number of nitrogens with one attached hydrogen (secondary N) is 1. The van der Waals surface area contributed by atoms with Gasteiger partial charge < -0.3 is 10.2 Å². The van der Waals surface area contributed by atoms with Gasteiger partial charge in [0.25, 0.3) is 0 Å². The molecule has 3 heteroatoms. The molecular formula is C14H20N2O. The average Bonchev–Trinajstić information content (AvgIpc) is 2.34. The molecule has 1 aliphatic heterocycles. The molecule has 0 atom stereocenters. The van der Waals surface area contributed by atoms with Crippen molar-refractivity contribution in [3.63, 3.8) is 0 Å². The molecule has 0 saturated carbocycles. The van der Waals surface area contributed by atoms with Crippen molar-refractivity contribution in [1.29, 1.82) is 0 Å². The highest BCUT2D eigenvalue weighted by atomic mass is 16.2. The zero-order valence-corrected chi connectivity index (χ0v) is 10.6. The normalized spacial score (nSPS) is 15.8. The molecule has 1 aliphatic rings. The van der Waals surface area contributed by atoms with Gasteiger partial charge in [-0.05, 0) is 44.7 Å². The van der Waals surface area contributed by atoms with E-state index in [0.717, 1.165) is 37.2 Å². The number of aryl methyl sites for hydroxylation is 2. The molecule has 0 bridgehead atoms. The summed E-state index contributed by atoms with van der Waals surface area (Å²) in [5, 5.41) is 2.99. The molecule has 0 radical (unpaired) electrons. The number of rotatable bonds is 1. The van der Waals surface area contributed by atoms with Gasteiger partial charge in [-0.3, -0.25) is 0 Å². The molecule has 1 aromatic rings. The number of carbonyl (C=O) groups excluding carboxylic acids is 1. The highest BCUT2D eigenvalue weighted by molar-refractivity contribution is 5.90. The minimum Gasteiger partial charge on any atom is -0.325 e. The molecule has 1 saturated heterocycles. The van der Waals surface area contributed by atoms with Crippen molar-refractivity contribution in [3.8, 4) is 0 Å². The van der Waals surface area contributed by atoms with E-state index in [0.29, 0.717) is 0 Å². The number of nitrogens with zero attached hydrogens (tertiary/aromatic N) is 1. The molecule has 1 aromatic carbocycles. The lowest BCUT2D eigenvalue weighted by Gasteiger charge is -2.27. The van der Waals surface area contributed by atoms with Gasteiger partial charge >= 0.3 is 6.03 Å². The molecule has 2 amide bonds. The lowest BCUT2D eigenvalue weighted by molar-refractivity contribution is 0.200. The van der Waals surface area contributed by atoms with E-state index in [1.54, 1.807) is 0 Å². The van der Waals surface area contributed by atoms with Gasteiger partial charge in [0.2, 0.25) is 0 Å². The maximum absolute atomic E-state index is 12.0. The van der Waals surface area contributed by atoms with E-state index in [-0.39, 0.29) is 6.03 Å². The first kappa shape index (κ1) is 12.0. The number of anilines is 1. The molecular weight excluding hydrogens is 212 g/mol. The lowest BCUT2D eigenvalue weighted by atomic mass is 10.1. The maximum Gasteiger partial charge on any atom is 0.321 e. The van der Waals surface area contributed by atoms with Crippen LogP contribution in [0.3, 0.4) is 0 Å². The standard InChI is InChI=1S/C14H20N2O/c1-11-6-7-13(12(2)10-11)15-14(17)16-8-4-3-5-9-16/h6-7,10H,3-5,8-9H2,1-2H3,(H,15,17). The molecule has 0 aromatic heterocycles. The molecule has 2 rings (SSSR count). The molecule has 3 nitrogen and oxygen atoms in total. The largest absolute Gasteiger partial charge is 0.325 e. The van der Waals surface area contributed by atoms with Crippen molar-refractivity contribution < 1.29 is 4.79 Å². The van der Waals surface area contributed by atoms with E-state index >= 15 is 0 Å². The van der Waals surface area contributed by atoms with Gasteiger partial charge in [-0.15, -0.1) is 0 Å². The summed E-state index contributed by atoms with van der Waals surface area (Å²) in [7, 11) is 0. The molecule has 0 aliphatic carbocycles. The molecule has 0 spiro atoms. The average molecular weight is 232 g/mol. The van der Waals surface area contributed by atoms with Crippen molar-refractivity contribution in [2.45, 2.75) is 33.1 Å². The third kappa shape index (κ3) is 2.99. The van der Waals surface area contributed by atoms with Crippen LogP contribution in [0.5, 0.6) is 0 Å². The smallest absolute Gasteiger partial charge is 0.321 e. The number of hydrogen-bond donors (Lipinski definition) is 1. The summed E-state index contributed by atoms with van der Waals surface area (Å²) in [4.78, 5) is 13.9. The van der Waals surface area contributed by atoms with Gasteiger partial charge in [0, 0.05) is 18.8 Å². The maximum atomic E-state index is 12.0. The van der Waals surface area contributed by atoms with Crippen LogP contribution in [0.25, 0.3) is 0 Å². The number of amides is 2.